The minimum atomic E-state index is -1.01. The summed E-state index contributed by atoms with van der Waals surface area (Å²) in [6.45, 7) is 0.344. The largest absolute Gasteiger partial charge is 0.628 e. The molecule has 1 aliphatic rings. The van der Waals surface area contributed by atoms with Crippen molar-refractivity contribution in [2.24, 2.45) is 0 Å². The van der Waals surface area contributed by atoms with E-state index in [0.29, 0.717) is 18.4 Å². The van der Waals surface area contributed by atoms with E-state index in [1.165, 1.54) is 10.9 Å². The minimum Gasteiger partial charge on any atom is -0.495 e. The molecule has 0 bridgehead atoms. The summed E-state index contributed by atoms with van der Waals surface area (Å²) in [6.07, 6.45) is 2.92. The molecular weight excluding hydrogens is 325 g/mol. The van der Waals surface area contributed by atoms with E-state index < -0.39 is 19.1 Å². The van der Waals surface area contributed by atoms with Crippen molar-refractivity contribution in [3.63, 3.8) is 0 Å². The number of hydrogen-bond acceptors (Lipinski definition) is 7. The Hall–Kier alpha value is -2.61. The lowest BCUT2D eigenvalue weighted by atomic mass is 9.88. The Morgan fingerprint density at radius 2 is 1.84 bits per heavy atom. The summed E-state index contributed by atoms with van der Waals surface area (Å²) in [6, 6.07) is 8.76. The first-order valence-electron chi connectivity index (χ1n) is 8.01. The lowest BCUT2D eigenvalue weighted by molar-refractivity contribution is -0.145. The maximum atomic E-state index is 11.7. The lowest BCUT2D eigenvalue weighted by Crippen LogP contribution is -2.41. The topological polar surface area (TPSA) is 82.1 Å². The van der Waals surface area contributed by atoms with E-state index in [9.17, 15) is 14.4 Å². The third-order valence-electron chi connectivity index (χ3n) is 3.34. The van der Waals surface area contributed by atoms with Gasteiger partial charge in [0.15, 0.2) is 0 Å². The van der Waals surface area contributed by atoms with Crippen molar-refractivity contribution in [3.05, 3.63) is 47.9 Å². The molecule has 0 saturated carbocycles. The van der Waals surface area contributed by atoms with Crippen LogP contribution in [0.4, 0.5) is 0 Å². The highest BCUT2D eigenvalue weighted by Crippen LogP contribution is 2.04. The maximum Gasteiger partial charge on any atom is 0.628 e. The van der Waals surface area contributed by atoms with Crippen LogP contribution in [0.2, 0.25) is 0 Å². The highest BCUT2D eigenvalue weighted by Gasteiger charge is 2.28. The number of nitrogens with zero attached hydrogens (tertiary/aromatic N) is 1. The number of rotatable bonds is 6. The van der Waals surface area contributed by atoms with Crippen molar-refractivity contribution in [2.45, 2.75) is 12.8 Å². The summed E-state index contributed by atoms with van der Waals surface area (Å²) in [4.78, 5) is 36.4. The fourth-order valence-corrected chi connectivity index (χ4v) is 2.16. The molecule has 0 radical (unpaired) electrons. The van der Waals surface area contributed by atoms with Gasteiger partial charge in [0.05, 0.1) is 25.3 Å². The second-order valence-electron chi connectivity index (χ2n) is 5.59. The summed E-state index contributed by atoms with van der Waals surface area (Å²) in [5.41, 5.74) is 0.511. The van der Waals surface area contributed by atoms with Crippen LogP contribution in [0.1, 0.15) is 23.2 Å². The van der Waals surface area contributed by atoms with Gasteiger partial charge in [-0.1, -0.05) is 24.3 Å². The number of carbonyl (C=O) groups is 3. The predicted octanol–water partition coefficient (Wildman–Crippen LogP) is 1.24. The molecule has 1 aromatic rings. The summed E-state index contributed by atoms with van der Waals surface area (Å²) < 4.78 is 15.2. The van der Waals surface area contributed by atoms with Gasteiger partial charge < -0.3 is 14.0 Å². The van der Waals surface area contributed by atoms with Crippen molar-refractivity contribution < 1.29 is 28.4 Å². The number of benzene rings is 1. The molecule has 1 fully saturated rings. The Morgan fingerprint density at radius 1 is 1.20 bits per heavy atom. The molecule has 0 spiro atoms. The monoisotopic (exact) mass is 345 g/mol. The quantitative estimate of drug-likeness (QED) is 0.436. The van der Waals surface area contributed by atoms with Gasteiger partial charge in [-0.05, 0) is 38.0 Å². The normalized spacial score (nSPS) is 16.1. The molecule has 2 rings (SSSR count). The first-order chi connectivity index (χ1) is 12.0. The van der Waals surface area contributed by atoms with Crippen molar-refractivity contribution >= 4 is 25.0 Å². The van der Waals surface area contributed by atoms with Crippen LogP contribution in [0.5, 0.6) is 0 Å². The molecule has 132 valence electrons. The van der Waals surface area contributed by atoms with Crippen molar-refractivity contribution in [1.29, 1.82) is 0 Å². The smallest absolute Gasteiger partial charge is 0.495 e. The molecule has 1 aliphatic heterocycles. The number of ether oxygens (including phenoxy) is 1. The fraction of sp³-hybridized carbons (Fsp3) is 0.353. The van der Waals surface area contributed by atoms with Gasteiger partial charge in [0.2, 0.25) is 0 Å². The van der Waals surface area contributed by atoms with Gasteiger partial charge in [-0.15, -0.1) is 0 Å². The third-order valence-corrected chi connectivity index (χ3v) is 3.34. The summed E-state index contributed by atoms with van der Waals surface area (Å²) >= 11 is 0. The SMILES string of the molecule is CN1CC(=O)OB(/C=C/CCCOC(=O)c2ccccc2)OC(=O)C1. The number of likely N-dealkylation sites (N-methyl/N-ethyl adjacent to an activating group) is 1. The molecule has 1 heterocycles. The van der Waals surface area contributed by atoms with E-state index in [0.717, 1.165) is 0 Å². The molecule has 0 amide bonds. The van der Waals surface area contributed by atoms with Gasteiger partial charge in [-0.25, -0.2) is 4.79 Å². The number of unbranched alkanes of at least 4 members (excludes halogenated alkanes) is 1. The van der Waals surface area contributed by atoms with Gasteiger partial charge in [0, 0.05) is 0 Å². The minimum absolute atomic E-state index is 0.0366. The van der Waals surface area contributed by atoms with Gasteiger partial charge in [-0.2, -0.15) is 0 Å². The number of carbonyl (C=O) groups excluding carboxylic acids is 3. The van der Waals surface area contributed by atoms with Gasteiger partial charge >= 0.3 is 25.0 Å². The Balaban J connectivity index is 1.69. The van der Waals surface area contributed by atoms with Crippen LogP contribution in [0.25, 0.3) is 0 Å². The zero-order valence-electron chi connectivity index (χ0n) is 14.1. The van der Waals surface area contributed by atoms with Crippen LogP contribution in [0.3, 0.4) is 0 Å². The Morgan fingerprint density at radius 3 is 2.48 bits per heavy atom. The average molecular weight is 345 g/mol. The molecule has 0 aromatic heterocycles. The summed E-state index contributed by atoms with van der Waals surface area (Å²) in [7, 11) is 0.621. The zero-order chi connectivity index (χ0) is 18.1. The molecule has 0 unspecified atom stereocenters. The summed E-state index contributed by atoms with van der Waals surface area (Å²) in [5.74, 6) is 0.236. The van der Waals surface area contributed by atoms with Crippen molar-refractivity contribution in [1.82, 2.24) is 4.90 Å². The van der Waals surface area contributed by atoms with Crippen LogP contribution in [0.15, 0.2) is 42.4 Å². The van der Waals surface area contributed by atoms with Gasteiger partial charge in [-0.3, -0.25) is 14.5 Å². The number of esters is 1. The fourth-order valence-electron chi connectivity index (χ4n) is 2.16. The molecule has 1 aromatic carbocycles. The van der Waals surface area contributed by atoms with E-state index in [1.807, 2.05) is 6.07 Å². The zero-order valence-corrected chi connectivity index (χ0v) is 14.1. The maximum absolute atomic E-state index is 11.7. The molecule has 7 nitrogen and oxygen atoms in total. The van der Waals surface area contributed by atoms with Gasteiger partial charge in [0.1, 0.15) is 0 Å². The lowest BCUT2D eigenvalue weighted by Gasteiger charge is -2.21. The highest BCUT2D eigenvalue weighted by atomic mass is 16.6. The van der Waals surface area contributed by atoms with Crippen LogP contribution >= 0.6 is 0 Å². The van der Waals surface area contributed by atoms with Crippen LogP contribution < -0.4 is 0 Å². The van der Waals surface area contributed by atoms with Crippen molar-refractivity contribution in [3.8, 4) is 0 Å². The van der Waals surface area contributed by atoms with E-state index in [2.05, 4.69) is 0 Å². The highest BCUT2D eigenvalue weighted by molar-refractivity contribution is 6.54. The van der Waals surface area contributed by atoms with Crippen LogP contribution in [-0.2, 0) is 23.6 Å². The number of allylic oxidation sites excluding steroid dienone is 1. The molecule has 0 atom stereocenters. The molecule has 0 N–H and O–H groups in total. The first-order valence-corrected chi connectivity index (χ1v) is 8.01. The first kappa shape index (κ1) is 18.7. The molecule has 25 heavy (non-hydrogen) atoms. The predicted molar refractivity (Wildman–Crippen MR) is 90.5 cm³/mol. The Bertz CT molecular complexity index is 613. The summed E-state index contributed by atoms with van der Waals surface area (Å²) in [5, 5.41) is 0. The average Bonchev–Trinajstić information content (AvgIpc) is 2.56. The van der Waals surface area contributed by atoms with E-state index in [-0.39, 0.29) is 25.7 Å². The second-order valence-corrected chi connectivity index (χ2v) is 5.59. The van der Waals surface area contributed by atoms with Crippen LogP contribution in [0, 0.1) is 0 Å². The molecule has 8 heteroatoms. The van der Waals surface area contributed by atoms with E-state index in [4.69, 9.17) is 14.0 Å². The third kappa shape index (κ3) is 6.80. The molecule has 1 saturated heterocycles. The van der Waals surface area contributed by atoms with E-state index in [1.54, 1.807) is 37.4 Å². The second kappa shape index (κ2) is 9.63. The van der Waals surface area contributed by atoms with Gasteiger partial charge in [0.25, 0.3) is 0 Å². The number of hydrogen-bond donors (Lipinski definition) is 0. The Kier molecular flexibility index (Phi) is 7.22. The Labute approximate surface area is 146 Å². The molecule has 0 aliphatic carbocycles. The van der Waals surface area contributed by atoms with Crippen LogP contribution in [-0.4, -0.2) is 56.7 Å². The van der Waals surface area contributed by atoms with Crippen molar-refractivity contribution in [2.75, 3.05) is 26.7 Å². The molecular formula is C17H20BNO6. The standard InChI is InChI=1S/C17H20BNO6/c1-19-12-15(20)24-18(25-16(21)13-19)10-6-3-7-11-23-17(22)14-8-4-2-5-9-14/h2,4-6,8-10H,3,7,11-13H2,1H3/b10-6+. The van der Waals surface area contributed by atoms with E-state index >= 15 is 0 Å².